The summed E-state index contributed by atoms with van der Waals surface area (Å²) in [6.45, 7) is 4.83. The van der Waals surface area contributed by atoms with Gasteiger partial charge in [0, 0.05) is 31.9 Å². The highest BCUT2D eigenvalue weighted by atomic mass is 127. The van der Waals surface area contributed by atoms with Gasteiger partial charge in [-0.05, 0) is 30.2 Å². The van der Waals surface area contributed by atoms with Crippen molar-refractivity contribution >= 4 is 29.9 Å². The minimum atomic E-state index is 0. The van der Waals surface area contributed by atoms with Crippen molar-refractivity contribution in [3.05, 3.63) is 53.9 Å². The van der Waals surface area contributed by atoms with Crippen LogP contribution in [0.5, 0.6) is 0 Å². The third-order valence-corrected chi connectivity index (χ3v) is 5.35. The van der Waals surface area contributed by atoms with Gasteiger partial charge in [0.25, 0.3) is 0 Å². The number of nitrogens with one attached hydrogen (secondary N) is 2. The first kappa shape index (κ1) is 20.7. The zero-order chi connectivity index (χ0) is 17.5. The topological polar surface area (TPSA) is 54.2 Å². The Morgan fingerprint density at radius 2 is 1.96 bits per heavy atom. The monoisotopic (exact) mass is 467 g/mol. The molecule has 0 spiro atoms. The summed E-state index contributed by atoms with van der Waals surface area (Å²) in [6.07, 6.45) is 9.28. The third kappa shape index (κ3) is 5.46. The minimum absolute atomic E-state index is 0. The van der Waals surface area contributed by atoms with E-state index in [-0.39, 0.29) is 24.0 Å². The fourth-order valence-electron chi connectivity index (χ4n) is 3.36. The van der Waals surface area contributed by atoms with Crippen molar-refractivity contribution in [1.29, 1.82) is 0 Å². The Kier molecular flexibility index (Phi) is 7.93. The van der Waals surface area contributed by atoms with E-state index < -0.39 is 0 Å². The summed E-state index contributed by atoms with van der Waals surface area (Å²) in [4.78, 5) is 4.34. The fourth-order valence-corrected chi connectivity index (χ4v) is 3.36. The second-order valence-electron chi connectivity index (χ2n) is 7.02. The SMILES string of the molecule is CCC1(CNC(=NC)NCc2cnn(Cc3ccccc3)c2)CCC1.I. The van der Waals surface area contributed by atoms with Crippen molar-refractivity contribution in [2.75, 3.05) is 13.6 Å². The van der Waals surface area contributed by atoms with Gasteiger partial charge < -0.3 is 10.6 Å². The zero-order valence-corrected chi connectivity index (χ0v) is 18.1. The molecule has 0 amide bonds. The van der Waals surface area contributed by atoms with Crippen LogP contribution in [0.2, 0.25) is 0 Å². The maximum Gasteiger partial charge on any atom is 0.191 e. The predicted molar refractivity (Wildman–Crippen MR) is 118 cm³/mol. The molecule has 1 saturated carbocycles. The Balaban J connectivity index is 0.00000243. The molecule has 3 rings (SSSR count). The maximum absolute atomic E-state index is 4.45. The van der Waals surface area contributed by atoms with Crippen LogP contribution in [0.3, 0.4) is 0 Å². The average Bonchev–Trinajstić information content (AvgIpc) is 3.05. The van der Waals surface area contributed by atoms with Crippen LogP contribution in [0.25, 0.3) is 0 Å². The number of guanidine groups is 1. The number of aliphatic imine (C=N–C) groups is 1. The van der Waals surface area contributed by atoms with E-state index in [0.29, 0.717) is 5.41 Å². The molecule has 1 aliphatic rings. The van der Waals surface area contributed by atoms with Crippen molar-refractivity contribution < 1.29 is 0 Å². The van der Waals surface area contributed by atoms with Gasteiger partial charge in [-0.3, -0.25) is 9.67 Å². The van der Waals surface area contributed by atoms with E-state index in [1.165, 1.54) is 31.2 Å². The van der Waals surface area contributed by atoms with E-state index in [4.69, 9.17) is 0 Å². The molecule has 0 aliphatic heterocycles. The van der Waals surface area contributed by atoms with Gasteiger partial charge in [0.05, 0.1) is 12.7 Å². The van der Waals surface area contributed by atoms with E-state index >= 15 is 0 Å². The standard InChI is InChI=1S/C20H29N5.HI/c1-3-20(10-7-11-20)16-23-19(21-2)22-12-18-13-24-25(15-18)14-17-8-5-4-6-9-17;/h4-6,8-9,13,15H,3,7,10-12,14,16H2,1-2H3,(H2,21,22,23);1H. The molecule has 5 nitrogen and oxygen atoms in total. The average molecular weight is 467 g/mol. The normalized spacial score (nSPS) is 15.7. The summed E-state index contributed by atoms with van der Waals surface area (Å²) >= 11 is 0. The Morgan fingerprint density at radius 3 is 2.58 bits per heavy atom. The van der Waals surface area contributed by atoms with Crippen LogP contribution in [-0.2, 0) is 13.1 Å². The molecular weight excluding hydrogens is 437 g/mol. The lowest BCUT2D eigenvalue weighted by atomic mass is 9.67. The van der Waals surface area contributed by atoms with Crippen molar-refractivity contribution in [2.24, 2.45) is 10.4 Å². The van der Waals surface area contributed by atoms with Crippen LogP contribution < -0.4 is 10.6 Å². The molecule has 0 bridgehead atoms. The molecule has 1 aliphatic carbocycles. The van der Waals surface area contributed by atoms with E-state index in [1.54, 1.807) is 0 Å². The van der Waals surface area contributed by atoms with Crippen LogP contribution in [0, 0.1) is 5.41 Å². The molecule has 0 atom stereocenters. The number of hydrogen-bond donors (Lipinski definition) is 2. The van der Waals surface area contributed by atoms with E-state index in [9.17, 15) is 0 Å². The molecule has 142 valence electrons. The predicted octanol–water partition coefficient (Wildman–Crippen LogP) is 3.79. The minimum Gasteiger partial charge on any atom is -0.356 e. The van der Waals surface area contributed by atoms with Crippen LogP contribution in [0.15, 0.2) is 47.7 Å². The highest BCUT2D eigenvalue weighted by molar-refractivity contribution is 14.0. The van der Waals surface area contributed by atoms with Crippen LogP contribution >= 0.6 is 24.0 Å². The second kappa shape index (κ2) is 9.94. The zero-order valence-electron chi connectivity index (χ0n) is 15.7. The van der Waals surface area contributed by atoms with Crippen LogP contribution in [-0.4, -0.2) is 29.3 Å². The molecule has 6 heteroatoms. The quantitative estimate of drug-likeness (QED) is 0.370. The van der Waals surface area contributed by atoms with E-state index in [1.807, 2.05) is 24.0 Å². The number of hydrogen-bond acceptors (Lipinski definition) is 2. The number of halogens is 1. The first-order valence-corrected chi connectivity index (χ1v) is 9.23. The van der Waals surface area contributed by atoms with Crippen molar-refractivity contribution in [1.82, 2.24) is 20.4 Å². The highest BCUT2D eigenvalue weighted by Crippen LogP contribution is 2.42. The van der Waals surface area contributed by atoms with Gasteiger partial charge in [-0.1, -0.05) is 43.7 Å². The summed E-state index contributed by atoms with van der Waals surface area (Å²) in [5, 5.41) is 11.3. The first-order valence-electron chi connectivity index (χ1n) is 9.23. The maximum atomic E-state index is 4.45. The van der Waals surface area contributed by atoms with Gasteiger partial charge in [-0.2, -0.15) is 5.10 Å². The smallest absolute Gasteiger partial charge is 0.191 e. The van der Waals surface area contributed by atoms with E-state index in [2.05, 4.69) is 58.1 Å². The summed E-state index contributed by atoms with van der Waals surface area (Å²) in [7, 11) is 1.83. The second-order valence-corrected chi connectivity index (χ2v) is 7.02. The van der Waals surface area contributed by atoms with Gasteiger partial charge in [0.1, 0.15) is 0 Å². The Morgan fingerprint density at radius 1 is 1.19 bits per heavy atom. The van der Waals surface area contributed by atoms with E-state index in [0.717, 1.165) is 31.2 Å². The first-order chi connectivity index (χ1) is 12.2. The summed E-state index contributed by atoms with van der Waals surface area (Å²) in [5.74, 6) is 0.871. The molecule has 1 fully saturated rings. The molecule has 2 aromatic rings. The lowest BCUT2D eigenvalue weighted by molar-refractivity contribution is 0.131. The fraction of sp³-hybridized carbons (Fsp3) is 0.500. The molecular formula is C20H30IN5. The third-order valence-electron chi connectivity index (χ3n) is 5.35. The van der Waals surface area contributed by atoms with Crippen molar-refractivity contribution in [3.63, 3.8) is 0 Å². The molecule has 0 saturated heterocycles. The number of rotatable bonds is 7. The van der Waals surface area contributed by atoms with Crippen LogP contribution in [0.4, 0.5) is 0 Å². The molecule has 26 heavy (non-hydrogen) atoms. The van der Waals surface area contributed by atoms with Gasteiger partial charge in [-0.25, -0.2) is 0 Å². The molecule has 1 aromatic carbocycles. The summed E-state index contributed by atoms with van der Waals surface area (Å²) < 4.78 is 1.98. The number of benzene rings is 1. The highest BCUT2D eigenvalue weighted by Gasteiger charge is 2.34. The largest absolute Gasteiger partial charge is 0.356 e. The lowest BCUT2D eigenvalue weighted by Gasteiger charge is -2.41. The molecule has 0 unspecified atom stereocenters. The van der Waals surface area contributed by atoms with Gasteiger partial charge >= 0.3 is 0 Å². The van der Waals surface area contributed by atoms with Crippen molar-refractivity contribution in [3.8, 4) is 0 Å². The van der Waals surface area contributed by atoms with Gasteiger partial charge in [0.15, 0.2) is 5.96 Å². The molecule has 1 heterocycles. The molecule has 0 radical (unpaired) electrons. The van der Waals surface area contributed by atoms with Crippen LogP contribution in [0.1, 0.15) is 43.7 Å². The number of aromatic nitrogens is 2. The van der Waals surface area contributed by atoms with Gasteiger partial charge in [0.2, 0.25) is 0 Å². The Labute approximate surface area is 173 Å². The Hall–Kier alpha value is -1.57. The van der Waals surface area contributed by atoms with Gasteiger partial charge in [-0.15, -0.1) is 24.0 Å². The summed E-state index contributed by atoms with van der Waals surface area (Å²) in [6, 6.07) is 10.4. The number of nitrogens with zero attached hydrogens (tertiary/aromatic N) is 3. The Bertz CT molecular complexity index is 686. The molecule has 2 N–H and O–H groups in total. The lowest BCUT2D eigenvalue weighted by Crippen LogP contribution is -2.46. The summed E-state index contributed by atoms with van der Waals surface area (Å²) in [5.41, 5.74) is 2.90. The molecule has 1 aromatic heterocycles. The van der Waals surface area contributed by atoms with Crippen molar-refractivity contribution in [2.45, 2.75) is 45.7 Å².